The van der Waals surface area contributed by atoms with Crippen molar-refractivity contribution in [2.45, 2.75) is 6.54 Å². The largest absolute Gasteiger partial charge is 0.465 e. The van der Waals surface area contributed by atoms with E-state index in [1.54, 1.807) is 0 Å². The number of hydrogen-bond donors (Lipinski definition) is 1. The molecule has 0 bridgehead atoms. The zero-order chi connectivity index (χ0) is 16.2. The number of nitrogens with one attached hydrogen (secondary N) is 1. The summed E-state index contributed by atoms with van der Waals surface area (Å²) in [4.78, 5) is 28.9. The van der Waals surface area contributed by atoms with E-state index in [0.717, 1.165) is 10.4 Å². The van der Waals surface area contributed by atoms with Crippen LogP contribution in [0.2, 0.25) is 0 Å². The van der Waals surface area contributed by atoms with Gasteiger partial charge < -0.3 is 10.1 Å². The highest BCUT2D eigenvalue weighted by Crippen LogP contribution is 2.38. The SMILES string of the molecule is COC(=O)c1c(-c2cccs2)csc1NC(=O)Cn1cncn1. The van der Waals surface area contributed by atoms with Crippen LogP contribution >= 0.6 is 22.7 Å². The Morgan fingerprint density at radius 1 is 1.39 bits per heavy atom. The van der Waals surface area contributed by atoms with Gasteiger partial charge >= 0.3 is 5.97 Å². The maximum Gasteiger partial charge on any atom is 0.341 e. The smallest absolute Gasteiger partial charge is 0.341 e. The molecule has 0 aliphatic heterocycles. The molecule has 3 aromatic heterocycles. The molecule has 0 saturated carbocycles. The summed E-state index contributed by atoms with van der Waals surface area (Å²) in [5.74, 6) is -0.772. The van der Waals surface area contributed by atoms with Gasteiger partial charge in [0.2, 0.25) is 5.91 Å². The van der Waals surface area contributed by atoms with Crippen LogP contribution in [0, 0.1) is 0 Å². The van der Waals surface area contributed by atoms with E-state index in [4.69, 9.17) is 4.74 Å². The average molecular weight is 348 g/mol. The number of methoxy groups -OCH3 is 1. The van der Waals surface area contributed by atoms with Gasteiger partial charge in [-0.2, -0.15) is 5.10 Å². The second kappa shape index (κ2) is 6.71. The molecule has 1 N–H and O–H groups in total. The first-order chi connectivity index (χ1) is 11.2. The number of nitrogens with zero attached hydrogens (tertiary/aromatic N) is 3. The second-order valence-electron chi connectivity index (χ2n) is 4.46. The van der Waals surface area contributed by atoms with Crippen molar-refractivity contribution in [2.24, 2.45) is 0 Å². The van der Waals surface area contributed by atoms with Gasteiger partial charge in [-0.05, 0) is 11.4 Å². The Morgan fingerprint density at radius 3 is 2.91 bits per heavy atom. The van der Waals surface area contributed by atoms with Crippen LogP contribution in [-0.2, 0) is 16.1 Å². The third-order valence-corrected chi connectivity index (χ3v) is 4.79. The first-order valence-electron chi connectivity index (χ1n) is 6.55. The van der Waals surface area contributed by atoms with Crippen LogP contribution in [0.3, 0.4) is 0 Å². The molecule has 0 spiro atoms. The van der Waals surface area contributed by atoms with E-state index in [-0.39, 0.29) is 12.5 Å². The van der Waals surface area contributed by atoms with Crippen molar-refractivity contribution in [3.05, 3.63) is 41.1 Å². The molecule has 0 aliphatic carbocycles. The van der Waals surface area contributed by atoms with E-state index in [1.165, 1.54) is 47.1 Å². The molecule has 118 valence electrons. The molecule has 0 aliphatic rings. The van der Waals surface area contributed by atoms with Crippen LogP contribution in [0.1, 0.15) is 10.4 Å². The van der Waals surface area contributed by atoms with Gasteiger partial charge in [0.1, 0.15) is 29.8 Å². The Labute approximate surface area is 139 Å². The van der Waals surface area contributed by atoms with E-state index >= 15 is 0 Å². The first kappa shape index (κ1) is 15.4. The minimum absolute atomic E-state index is 0.0207. The number of rotatable bonds is 5. The second-order valence-corrected chi connectivity index (χ2v) is 6.29. The number of aromatic nitrogens is 3. The van der Waals surface area contributed by atoms with E-state index in [1.807, 2.05) is 22.9 Å². The summed E-state index contributed by atoms with van der Waals surface area (Å²) >= 11 is 2.81. The molecule has 9 heteroatoms. The highest BCUT2D eigenvalue weighted by atomic mass is 32.1. The van der Waals surface area contributed by atoms with Crippen LogP contribution in [0.4, 0.5) is 5.00 Å². The number of thiophene rings is 2. The van der Waals surface area contributed by atoms with Crippen LogP contribution in [0.15, 0.2) is 35.5 Å². The molecule has 0 fully saturated rings. The van der Waals surface area contributed by atoms with Gasteiger partial charge in [0, 0.05) is 15.8 Å². The molecule has 3 heterocycles. The number of esters is 1. The number of carbonyl (C=O) groups is 2. The summed E-state index contributed by atoms with van der Waals surface area (Å²) in [6.07, 6.45) is 2.81. The van der Waals surface area contributed by atoms with E-state index in [0.29, 0.717) is 10.6 Å². The summed E-state index contributed by atoms with van der Waals surface area (Å²) in [6.45, 7) is 0.0207. The average Bonchev–Trinajstić information content (AvgIpc) is 3.27. The fraction of sp³-hybridized carbons (Fsp3) is 0.143. The van der Waals surface area contributed by atoms with Crippen molar-refractivity contribution in [1.29, 1.82) is 0 Å². The Hall–Kier alpha value is -2.52. The zero-order valence-electron chi connectivity index (χ0n) is 12.1. The van der Waals surface area contributed by atoms with Gasteiger partial charge in [-0.25, -0.2) is 14.5 Å². The van der Waals surface area contributed by atoms with Crippen LogP contribution in [0.5, 0.6) is 0 Å². The number of ether oxygens (including phenoxy) is 1. The molecule has 7 nitrogen and oxygen atoms in total. The molecule has 0 unspecified atom stereocenters. The van der Waals surface area contributed by atoms with Gasteiger partial charge in [0.25, 0.3) is 0 Å². The van der Waals surface area contributed by atoms with Crippen molar-refractivity contribution in [2.75, 3.05) is 12.4 Å². The highest BCUT2D eigenvalue weighted by molar-refractivity contribution is 7.17. The van der Waals surface area contributed by atoms with Gasteiger partial charge in [0.15, 0.2) is 0 Å². The lowest BCUT2D eigenvalue weighted by molar-refractivity contribution is -0.116. The maximum atomic E-state index is 12.1. The number of carbonyl (C=O) groups excluding carboxylic acids is 2. The number of amides is 1. The minimum Gasteiger partial charge on any atom is -0.465 e. The summed E-state index contributed by atoms with van der Waals surface area (Å²) in [5.41, 5.74) is 1.12. The van der Waals surface area contributed by atoms with Crippen LogP contribution in [-0.4, -0.2) is 33.8 Å². The number of hydrogen-bond acceptors (Lipinski definition) is 7. The van der Waals surface area contributed by atoms with Gasteiger partial charge in [0.05, 0.1) is 7.11 Å². The van der Waals surface area contributed by atoms with Crippen LogP contribution < -0.4 is 5.32 Å². The Morgan fingerprint density at radius 2 is 2.26 bits per heavy atom. The van der Waals surface area contributed by atoms with E-state index in [2.05, 4.69) is 15.4 Å². The van der Waals surface area contributed by atoms with E-state index in [9.17, 15) is 9.59 Å². The molecule has 0 saturated heterocycles. The van der Waals surface area contributed by atoms with Crippen molar-refractivity contribution in [3.63, 3.8) is 0 Å². The molecule has 1 amide bonds. The fourth-order valence-corrected chi connectivity index (χ4v) is 3.78. The summed E-state index contributed by atoms with van der Waals surface area (Å²) < 4.78 is 6.26. The summed E-state index contributed by atoms with van der Waals surface area (Å²) in [6, 6.07) is 3.82. The third kappa shape index (κ3) is 3.30. The quantitative estimate of drug-likeness (QED) is 0.716. The lowest BCUT2D eigenvalue weighted by Crippen LogP contribution is -2.20. The zero-order valence-corrected chi connectivity index (χ0v) is 13.7. The van der Waals surface area contributed by atoms with Crippen LogP contribution in [0.25, 0.3) is 10.4 Å². The standard InChI is InChI=1S/C14H12N4O3S2/c1-21-14(20)12-9(10-3-2-4-22-10)6-23-13(12)17-11(19)5-18-8-15-7-16-18/h2-4,6-8H,5H2,1H3,(H,17,19). The first-order valence-corrected chi connectivity index (χ1v) is 8.31. The van der Waals surface area contributed by atoms with Gasteiger partial charge in [-0.3, -0.25) is 4.79 Å². The summed E-state index contributed by atoms with van der Waals surface area (Å²) in [7, 11) is 1.32. The van der Waals surface area contributed by atoms with Crippen molar-refractivity contribution in [3.8, 4) is 10.4 Å². The summed E-state index contributed by atoms with van der Waals surface area (Å²) in [5, 5.41) is 10.8. The maximum absolute atomic E-state index is 12.1. The predicted octanol–water partition coefficient (Wildman–Crippen LogP) is 2.49. The molecule has 3 aromatic rings. The predicted molar refractivity (Wildman–Crippen MR) is 87.6 cm³/mol. The molecular formula is C14H12N4O3S2. The number of anilines is 1. The Kier molecular flexibility index (Phi) is 4.49. The van der Waals surface area contributed by atoms with Gasteiger partial charge in [-0.1, -0.05) is 6.07 Å². The van der Waals surface area contributed by atoms with Crippen molar-refractivity contribution >= 4 is 39.6 Å². The normalized spacial score (nSPS) is 10.5. The molecular weight excluding hydrogens is 336 g/mol. The monoisotopic (exact) mass is 348 g/mol. The Balaban J connectivity index is 1.87. The van der Waals surface area contributed by atoms with Crippen molar-refractivity contribution in [1.82, 2.24) is 14.8 Å². The third-order valence-electron chi connectivity index (χ3n) is 2.99. The molecule has 23 heavy (non-hydrogen) atoms. The lowest BCUT2D eigenvalue weighted by atomic mass is 10.1. The molecule has 0 aromatic carbocycles. The molecule has 0 atom stereocenters. The molecule has 3 rings (SSSR count). The van der Waals surface area contributed by atoms with Gasteiger partial charge in [-0.15, -0.1) is 22.7 Å². The van der Waals surface area contributed by atoms with Crippen molar-refractivity contribution < 1.29 is 14.3 Å². The lowest BCUT2D eigenvalue weighted by Gasteiger charge is -2.07. The highest BCUT2D eigenvalue weighted by Gasteiger charge is 2.22. The minimum atomic E-state index is -0.481. The molecule has 0 radical (unpaired) electrons. The van der Waals surface area contributed by atoms with E-state index < -0.39 is 5.97 Å². The Bertz CT molecular complexity index is 809. The fourth-order valence-electron chi connectivity index (χ4n) is 2.00. The topological polar surface area (TPSA) is 86.1 Å².